The zero-order chi connectivity index (χ0) is 8.97. The summed E-state index contributed by atoms with van der Waals surface area (Å²) in [6.45, 7) is 3.72. The van der Waals surface area contributed by atoms with E-state index in [-0.39, 0.29) is 18.0 Å². The molecule has 0 N–H and O–H groups in total. The first kappa shape index (κ1) is 8.71. The maximum Gasteiger partial charge on any atom is 0.341 e. The van der Waals surface area contributed by atoms with Gasteiger partial charge in [-0.05, 0) is 12.5 Å². The van der Waals surface area contributed by atoms with E-state index in [1.54, 1.807) is 6.08 Å². The highest BCUT2D eigenvalue weighted by atomic mass is 16.5. The van der Waals surface area contributed by atoms with E-state index in [4.69, 9.17) is 0 Å². The molecular formula is C9H10O3. The lowest BCUT2D eigenvalue weighted by Crippen LogP contribution is -2.09. The molecule has 0 atom stereocenters. The van der Waals surface area contributed by atoms with Gasteiger partial charge in [-0.1, -0.05) is 6.08 Å². The average molecular weight is 166 g/mol. The van der Waals surface area contributed by atoms with Gasteiger partial charge < -0.3 is 4.74 Å². The van der Waals surface area contributed by atoms with Crippen LogP contribution in [-0.4, -0.2) is 18.4 Å². The van der Waals surface area contributed by atoms with Crippen LogP contribution in [0.4, 0.5) is 0 Å². The molecule has 0 aromatic carbocycles. The van der Waals surface area contributed by atoms with E-state index >= 15 is 0 Å². The third-order valence-corrected chi connectivity index (χ3v) is 1.60. The molecule has 0 spiro atoms. The summed E-state index contributed by atoms with van der Waals surface area (Å²) in [7, 11) is 0. The summed E-state index contributed by atoms with van der Waals surface area (Å²) in [5, 5.41) is 0. The van der Waals surface area contributed by atoms with Crippen LogP contribution < -0.4 is 0 Å². The van der Waals surface area contributed by atoms with Crippen molar-refractivity contribution < 1.29 is 14.3 Å². The number of ketones is 1. The van der Waals surface area contributed by atoms with Crippen molar-refractivity contribution in [2.24, 2.45) is 0 Å². The number of ether oxygens (including phenoxy) is 1. The number of rotatable bonds is 4. The molecule has 0 fully saturated rings. The Morgan fingerprint density at radius 2 is 2.50 bits per heavy atom. The zero-order valence-electron chi connectivity index (χ0n) is 6.71. The number of hydrogen-bond acceptors (Lipinski definition) is 3. The molecule has 1 aliphatic rings. The van der Waals surface area contributed by atoms with Crippen LogP contribution >= 0.6 is 0 Å². The maximum absolute atomic E-state index is 11.2. The highest BCUT2D eigenvalue weighted by Crippen LogP contribution is 2.10. The number of Topliss-reactive ketones (excluding diaryl/α,β-unsaturated/α-hetero) is 1. The van der Waals surface area contributed by atoms with Gasteiger partial charge in [-0.3, -0.25) is 4.79 Å². The second-order valence-corrected chi connectivity index (χ2v) is 2.47. The predicted octanol–water partition coefficient (Wildman–Crippen LogP) is 1.00. The first-order valence-electron chi connectivity index (χ1n) is 3.77. The molecular weight excluding hydrogens is 156 g/mol. The summed E-state index contributed by atoms with van der Waals surface area (Å²) < 4.78 is 4.59. The summed E-state index contributed by atoms with van der Waals surface area (Å²) in [4.78, 5) is 22.0. The van der Waals surface area contributed by atoms with E-state index in [0.29, 0.717) is 12.8 Å². The van der Waals surface area contributed by atoms with E-state index in [1.807, 2.05) is 0 Å². The highest BCUT2D eigenvalue weighted by molar-refractivity contribution is 6.18. The van der Waals surface area contributed by atoms with Crippen molar-refractivity contribution in [1.29, 1.82) is 0 Å². The Morgan fingerprint density at radius 3 is 3.00 bits per heavy atom. The Hall–Kier alpha value is -1.38. The maximum atomic E-state index is 11.2. The van der Waals surface area contributed by atoms with Crippen LogP contribution in [0, 0.1) is 0 Å². The average Bonchev–Trinajstić information content (AvgIpc) is 2.47. The summed E-state index contributed by atoms with van der Waals surface area (Å²) in [6, 6.07) is 0. The van der Waals surface area contributed by atoms with Crippen molar-refractivity contribution in [2.45, 2.75) is 12.8 Å². The Bertz CT molecular complexity index is 250. The van der Waals surface area contributed by atoms with E-state index in [2.05, 4.69) is 11.3 Å². The van der Waals surface area contributed by atoms with Gasteiger partial charge >= 0.3 is 5.97 Å². The Balaban J connectivity index is 2.52. The van der Waals surface area contributed by atoms with Crippen molar-refractivity contribution >= 4 is 11.8 Å². The summed E-state index contributed by atoms with van der Waals surface area (Å²) >= 11 is 0. The van der Waals surface area contributed by atoms with Crippen molar-refractivity contribution in [3.8, 4) is 0 Å². The van der Waals surface area contributed by atoms with Gasteiger partial charge in [-0.2, -0.15) is 0 Å². The first-order valence-corrected chi connectivity index (χ1v) is 3.77. The summed E-state index contributed by atoms with van der Waals surface area (Å²) in [5.41, 5.74) is 0.192. The van der Waals surface area contributed by atoms with Gasteiger partial charge in [0.2, 0.25) is 0 Å². The lowest BCUT2D eigenvalue weighted by Gasteiger charge is -1.95. The first-order chi connectivity index (χ1) is 5.75. The molecule has 0 aromatic rings. The second-order valence-electron chi connectivity index (χ2n) is 2.47. The molecule has 3 heteroatoms. The van der Waals surface area contributed by atoms with Crippen molar-refractivity contribution in [1.82, 2.24) is 0 Å². The molecule has 0 radical (unpaired) electrons. The van der Waals surface area contributed by atoms with Gasteiger partial charge in [0.15, 0.2) is 5.78 Å². The quantitative estimate of drug-likeness (QED) is 0.355. The molecule has 64 valence electrons. The van der Waals surface area contributed by atoms with Crippen molar-refractivity contribution in [2.75, 3.05) is 6.61 Å². The van der Waals surface area contributed by atoms with Gasteiger partial charge in [0.1, 0.15) is 12.2 Å². The third-order valence-electron chi connectivity index (χ3n) is 1.60. The van der Waals surface area contributed by atoms with Crippen LogP contribution in [0.15, 0.2) is 24.3 Å². The fraction of sp³-hybridized carbons (Fsp3) is 0.333. The van der Waals surface area contributed by atoms with Crippen LogP contribution in [0.1, 0.15) is 12.8 Å². The smallest absolute Gasteiger partial charge is 0.341 e. The predicted molar refractivity (Wildman–Crippen MR) is 43.5 cm³/mol. The third kappa shape index (κ3) is 1.81. The number of carbonyl (C=O) groups is 2. The molecule has 0 saturated carbocycles. The lowest BCUT2D eigenvalue weighted by molar-refractivity contribution is -0.137. The number of esters is 1. The minimum Gasteiger partial charge on any atom is -0.458 e. The molecule has 0 unspecified atom stereocenters. The molecule has 1 rings (SSSR count). The monoisotopic (exact) mass is 166 g/mol. The van der Waals surface area contributed by atoms with Crippen LogP contribution in [0.5, 0.6) is 0 Å². The number of carbonyl (C=O) groups excluding carboxylic acids is 2. The van der Waals surface area contributed by atoms with E-state index in [9.17, 15) is 9.59 Å². The van der Waals surface area contributed by atoms with Gasteiger partial charge in [0, 0.05) is 6.42 Å². The molecule has 0 saturated heterocycles. The molecule has 3 nitrogen and oxygen atoms in total. The number of cyclic esters (lactones) is 1. The minimum absolute atomic E-state index is 0.155. The number of allylic oxidation sites excluding steroid dienone is 1. The van der Waals surface area contributed by atoms with Crippen LogP contribution in [0.25, 0.3) is 0 Å². The van der Waals surface area contributed by atoms with E-state index < -0.39 is 5.97 Å². The molecule has 0 aromatic heterocycles. The van der Waals surface area contributed by atoms with Gasteiger partial charge in [0.05, 0.1) is 0 Å². The highest BCUT2D eigenvalue weighted by Gasteiger charge is 2.22. The molecule has 0 bridgehead atoms. The molecule has 0 aliphatic carbocycles. The lowest BCUT2D eigenvalue weighted by atomic mass is 10.1. The largest absolute Gasteiger partial charge is 0.458 e. The summed E-state index contributed by atoms with van der Waals surface area (Å²) in [5.74, 6) is -0.651. The Kier molecular flexibility index (Phi) is 2.80. The van der Waals surface area contributed by atoms with Crippen LogP contribution in [0.2, 0.25) is 0 Å². The van der Waals surface area contributed by atoms with Gasteiger partial charge in [-0.25, -0.2) is 4.79 Å². The molecule has 12 heavy (non-hydrogen) atoms. The molecule has 0 amide bonds. The topological polar surface area (TPSA) is 43.4 Å². The van der Waals surface area contributed by atoms with Crippen molar-refractivity contribution in [3.05, 3.63) is 24.3 Å². The fourth-order valence-electron chi connectivity index (χ4n) is 0.957. The normalized spacial score (nSPS) is 15.3. The van der Waals surface area contributed by atoms with Gasteiger partial charge in [0.25, 0.3) is 0 Å². The Morgan fingerprint density at radius 1 is 1.75 bits per heavy atom. The van der Waals surface area contributed by atoms with Gasteiger partial charge in [-0.15, -0.1) is 6.58 Å². The SMILES string of the molecule is C=CCCC(=O)C1=CCOC1=O. The summed E-state index contributed by atoms with van der Waals surface area (Å²) in [6.07, 6.45) is 4.11. The fourth-order valence-corrected chi connectivity index (χ4v) is 0.957. The minimum atomic E-state index is -0.496. The van der Waals surface area contributed by atoms with Crippen LogP contribution in [-0.2, 0) is 14.3 Å². The van der Waals surface area contributed by atoms with Crippen LogP contribution in [0.3, 0.4) is 0 Å². The molecule has 1 heterocycles. The number of hydrogen-bond donors (Lipinski definition) is 0. The Labute approximate surface area is 70.7 Å². The van der Waals surface area contributed by atoms with E-state index in [1.165, 1.54) is 6.08 Å². The zero-order valence-corrected chi connectivity index (χ0v) is 6.71. The standard InChI is InChI=1S/C9H10O3/c1-2-3-4-8(10)7-5-6-12-9(7)11/h2,5H,1,3-4,6H2. The second kappa shape index (κ2) is 3.85. The van der Waals surface area contributed by atoms with E-state index in [0.717, 1.165) is 0 Å². The molecule has 1 aliphatic heterocycles. The van der Waals surface area contributed by atoms with Crippen molar-refractivity contribution in [3.63, 3.8) is 0 Å².